The van der Waals surface area contributed by atoms with Gasteiger partial charge in [0.05, 0.1) is 7.11 Å². The Labute approximate surface area is 105 Å². The normalized spacial score (nSPS) is 18.3. The summed E-state index contributed by atoms with van der Waals surface area (Å²) in [6, 6.07) is 6.10. The summed E-state index contributed by atoms with van der Waals surface area (Å²) in [7, 11) is 1.68. The van der Waals surface area contributed by atoms with E-state index >= 15 is 0 Å². The molecule has 0 saturated heterocycles. The highest BCUT2D eigenvalue weighted by atomic mass is 79.9. The zero-order chi connectivity index (χ0) is 12.0. The van der Waals surface area contributed by atoms with Crippen molar-refractivity contribution in [3.8, 4) is 5.75 Å². The minimum Gasteiger partial charge on any atom is -0.497 e. The molecule has 88 valence electrons. The highest BCUT2D eigenvalue weighted by Crippen LogP contribution is 2.50. The van der Waals surface area contributed by atoms with Crippen molar-refractivity contribution < 1.29 is 4.74 Å². The molecule has 1 saturated carbocycles. The Balaban J connectivity index is 2.40. The molecule has 0 spiro atoms. The van der Waals surface area contributed by atoms with E-state index in [1.807, 2.05) is 12.1 Å². The molecule has 2 N–H and O–H groups in total. The smallest absolute Gasteiger partial charge is 0.120 e. The average molecular weight is 284 g/mol. The van der Waals surface area contributed by atoms with Gasteiger partial charge < -0.3 is 10.5 Å². The molecule has 1 aromatic carbocycles. The maximum absolute atomic E-state index is 6.34. The van der Waals surface area contributed by atoms with Crippen LogP contribution in [0.15, 0.2) is 22.7 Å². The first kappa shape index (κ1) is 11.9. The van der Waals surface area contributed by atoms with Gasteiger partial charge in [0.15, 0.2) is 0 Å². The Hall–Kier alpha value is -0.540. The van der Waals surface area contributed by atoms with Gasteiger partial charge in [-0.1, -0.05) is 35.8 Å². The molecule has 0 aliphatic heterocycles. The minimum absolute atomic E-state index is 0.00188. The Morgan fingerprint density at radius 1 is 1.38 bits per heavy atom. The number of methoxy groups -OCH3 is 1. The summed E-state index contributed by atoms with van der Waals surface area (Å²) in [5.41, 5.74) is 7.56. The fraction of sp³-hybridized carbons (Fsp3) is 0.538. The summed E-state index contributed by atoms with van der Waals surface area (Å²) in [6.07, 6.45) is 2.22. The van der Waals surface area contributed by atoms with E-state index in [2.05, 4.69) is 35.8 Å². The van der Waals surface area contributed by atoms with Gasteiger partial charge in [0.1, 0.15) is 5.75 Å². The molecule has 0 aromatic heterocycles. The van der Waals surface area contributed by atoms with Gasteiger partial charge in [0, 0.05) is 15.4 Å². The van der Waals surface area contributed by atoms with E-state index in [1.165, 1.54) is 5.56 Å². The van der Waals surface area contributed by atoms with Crippen molar-refractivity contribution in [1.82, 2.24) is 0 Å². The zero-order valence-corrected chi connectivity index (χ0v) is 11.6. The average Bonchev–Trinajstić information content (AvgIpc) is 2.97. The van der Waals surface area contributed by atoms with Crippen molar-refractivity contribution in [3.63, 3.8) is 0 Å². The SMILES string of the molecule is COc1ccc(C(C)(C)C2(N)CC2)c(Br)c1. The maximum Gasteiger partial charge on any atom is 0.120 e. The van der Waals surface area contributed by atoms with Crippen LogP contribution in [0.3, 0.4) is 0 Å². The third-order valence-corrected chi connectivity index (χ3v) is 4.54. The number of benzene rings is 1. The molecule has 2 nitrogen and oxygen atoms in total. The van der Waals surface area contributed by atoms with E-state index in [0.717, 1.165) is 23.1 Å². The first-order chi connectivity index (χ1) is 7.40. The van der Waals surface area contributed by atoms with Gasteiger partial charge in [0.25, 0.3) is 0 Å². The molecule has 0 amide bonds. The third kappa shape index (κ3) is 1.76. The van der Waals surface area contributed by atoms with Gasteiger partial charge in [-0.05, 0) is 30.5 Å². The largest absolute Gasteiger partial charge is 0.497 e. The molecule has 0 radical (unpaired) electrons. The molecule has 0 bridgehead atoms. The van der Waals surface area contributed by atoms with Crippen LogP contribution in [0.1, 0.15) is 32.3 Å². The first-order valence-corrected chi connectivity index (χ1v) is 6.33. The topological polar surface area (TPSA) is 35.2 Å². The molecule has 2 rings (SSSR count). The highest BCUT2D eigenvalue weighted by molar-refractivity contribution is 9.10. The Morgan fingerprint density at radius 2 is 2.00 bits per heavy atom. The molecule has 1 aliphatic carbocycles. The van der Waals surface area contributed by atoms with Crippen molar-refractivity contribution in [1.29, 1.82) is 0 Å². The molecular formula is C13H18BrNO. The van der Waals surface area contributed by atoms with Gasteiger partial charge in [-0.3, -0.25) is 0 Å². The minimum atomic E-state index is -0.0376. The number of halogens is 1. The van der Waals surface area contributed by atoms with Gasteiger partial charge in [-0.25, -0.2) is 0 Å². The molecule has 1 aliphatic rings. The van der Waals surface area contributed by atoms with Crippen LogP contribution in [0.2, 0.25) is 0 Å². The zero-order valence-electron chi connectivity index (χ0n) is 10.0. The summed E-state index contributed by atoms with van der Waals surface area (Å²) in [6.45, 7) is 4.43. The van der Waals surface area contributed by atoms with Crippen LogP contribution in [-0.4, -0.2) is 12.6 Å². The van der Waals surface area contributed by atoms with Gasteiger partial charge in [-0.15, -0.1) is 0 Å². The van der Waals surface area contributed by atoms with Crippen LogP contribution < -0.4 is 10.5 Å². The van der Waals surface area contributed by atoms with Crippen molar-refractivity contribution in [2.75, 3.05) is 7.11 Å². The van der Waals surface area contributed by atoms with Gasteiger partial charge in [0.2, 0.25) is 0 Å². The lowest BCUT2D eigenvalue weighted by molar-refractivity contribution is 0.386. The highest BCUT2D eigenvalue weighted by Gasteiger charge is 2.52. The molecule has 16 heavy (non-hydrogen) atoms. The van der Waals surface area contributed by atoms with E-state index in [9.17, 15) is 0 Å². The lowest BCUT2D eigenvalue weighted by Gasteiger charge is -2.33. The molecule has 1 fully saturated rings. The summed E-state index contributed by atoms with van der Waals surface area (Å²) >= 11 is 3.61. The molecule has 0 unspecified atom stereocenters. The van der Waals surface area contributed by atoms with Gasteiger partial charge in [-0.2, -0.15) is 0 Å². The predicted octanol–water partition coefficient (Wildman–Crippen LogP) is 3.23. The van der Waals surface area contributed by atoms with E-state index in [0.29, 0.717) is 0 Å². The van der Waals surface area contributed by atoms with Crippen LogP contribution in [0.25, 0.3) is 0 Å². The van der Waals surface area contributed by atoms with Crippen LogP contribution in [-0.2, 0) is 5.41 Å². The quantitative estimate of drug-likeness (QED) is 0.925. The van der Waals surface area contributed by atoms with E-state index in [-0.39, 0.29) is 11.0 Å². The number of rotatable bonds is 3. The standard InChI is InChI=1S/C13H18BrNO/c1-12(2,13(15)6-7-13)10-5-4-9(16-3)8-11(10)14/h4-5,8H,6-7,15H2,1-3H3. The Kier molecular flexibility index (Phi) is 2.79. The fourth-order valence-corrected chi connectivity index (χ4v) is 3.01. The predicted molar refractivity (Wildman–Crippen MR) is 69.9 cm³/mol. The van der Waals surface area contributed by atoms with Gasteiger partial charge >= 0.3 is 0 Å². The van der Waals surface area contributed by atoms with E-state index < -0.39 is 0 Å². The molecule has 0 atom stereocenters. The van der Waals surface area contributed by atoms with E-state index in [4.69, 9.17) is 10.5 Å². The van der Waals surface area contributed by atoms with Crippen molar-refractivity contribution in [2.24, 2.45) is 5.73 Å². The number of nitrogens with two attached hydrogens (primary N) is 1. The second-order valence-corrected chi connectivity index (χ2v) is 5.98. The monoisotopic (exact) mass is 283 g/mol. The van der Waals surface area contributed by atoms with Crippen molar-refractivity contribution >= 4 is 15.9 Å². The molecule has 1 aromatic rings. The summed E-state index contributed by atoms with van der Waals surface area (Å²) in [5.74, 6) is 0.869. The third-order valence-electron chi connectivity index (χ3n) is 3.88. The Morgan fingerprint density at radius 3 is 2.44 bits per heavy atom. The number of hydrogen-bond donors (Lipinski definition) is 1. The Bertz CT molecular complexity index is 410. The maximum atomic E-state index is 6.34. The van der Waals surface area contributed by atoms with Crippen LogP contribution in [0, 0.1) is 0 Å². The van der Waals surface area contributed by atoms with Crippen LogP contribution >= 0.6 is 15.9 Å². The molecule has 3 heteroatoms. The fourth-order valence-electron chi connectivity index (χ4n) is 2.16. The lowest BCUT2D eigenvalue weighted by Crippen LogP contribution is -2.43. The van der Waals surface area contributed by atoms with Crippen molar-refractivity contribution in [2.45, 2.75) is 37.6 Å². The lowest BCUT2D eigenvalue weighted by atomic mass is 9.76. The first-order valence-electron chi connectivity index (χ1n) is 5.54. The summed E-state index contributed by atoms with van der Waals surface area (Å²) in [4.78, 5) is 0. The van der Waals surface area contributed by atoms with Crippen LogP contribution in [0.5, 0.6) is 5.75 Å². The molecular weight excluding hydrogens is 266 g/mol. The summed E-state index contributed by atoms with van der Waals surface area (Å²) < 4.78 is 6.28. The number of hydrogen-bond acceptors (Lipinski definition) is 2. The van der Waals surface area contributed by atoms with Crippen LogP contribution in [0.4, 0.5) is 0 Å². The summed E-state index contributed by atoms with van der Waals surface area (Å²) in [5, 5.41) is 0. The van der Waals surface area contributed by atoms with E-state index in [1.54, 1.807) is 7.11 Å². The van der Waals surface area contributed by atoms with Crippen molar-refractivity contribution in [3.05, 3.63) is 28.2 Å². The second-order valence-electron chi connectivity index (χ2n) is 5.13. The number of ether oxygens (including phenoxy) is 1. The molecule has 0 heterocycles. The second kappa shape index (κ2) is 3.74.